The van der Waals surface area contributed by atoms with Crippen LogP contribution in [-0.2, 0) is 11.3 Å². The molecule has 2 heterocycles. The van der Waals surface area contributed by atoms with Crippen LogP contribution in [0.4, 0.5) is 11.4 Å². The Hall–Kier alpha value is -1.47. The second-order valence-electron chi connectivity index (χ2n) is 5.81. The first-order valence-corrected chi connectivity index (χ1v) is 8.59. The molecular formula is C16H20Cl2N4O2. The van der Waals surface area contributed by atoms with Crippen LogP contribution in [0.5, 0.6) is 0 Å². The van der Waals surface area contributed by atoms with Crippen molar-refractivity contribution in [1.82, 2.24) is 10.2 Å². The smallest absolute Gasteiger partial charge is 0.269 e. The first kappa shape index (κ1) is 17.4. The maximum Gasteiger partial charge on any atom is 0.269 e. The number of carbonyl (C=O) groups is 1. The van der Waals surface area contributed by atoms with E-state index in [1.165, 1.54) is 4.90 Å². The van der Waals surface area contributed by atoms with Crippen LogP contribution in [0.2, 0.25) is 0 Å². The minimum absolute atomic E-state index is 0.0204. The Morgan fingerprint density at radius 2 is 2.04 bits per heavy atom. The van der Waals surface area contributed by atoms with Crippen molar-refractivity contribution >= 4 is 40.5 Å². The summed E-state index contributed by atoms with van der Waals surface area (Å²) in [4.78, 5) is 15.6. The normalized spacial score (nSPS) is 21.7. The second-order valence-corrected chi connectivity index (χ2v) is 6.59. The van der Waals surface area contributed by atoms with Crippen LogP contribution in [0.1, 0.15) is 5.56 Å². The number of anilines is 2. The van der Waals surface area contributed by atoms with Crippen LogP contribution in [0.3, 0.4) is 0 Å². The average Bonchev–Trinajstić information content (AvgIpc) is 2.80. The van der Waals surface area contributed by atoms with Gasteiger partial charge < -0.3 is 25.5 Å². The van der Waals surface area contributed by atoms with E-state index in [9.17, 15) is 9.90 Å². The summed E-state index contributed by atoms with van der Waals surface area (Å²) in [5.41, 5.74) is 3.01. The summed E-state index contributed by atoms with van der Waals surface area (Å²) in [6.07, 6.45) is -1.18. The molecule has 0 spiro atoms. The summed E-state index contributed by atoms with van der Waals surface area (Å²) in [7, 11) is 1.87. The Bertz CT molecular complexity index is 674. The number of rotatable bonds is 4. The highest BCUT2D eigenvalue weighted by Crippen LogP contribution is 2.33. The number of carbonyl (C=O) groups excluding carboxylic acids is 1. The fraction of sp³-hybridized carbons (Fsp3) is 0.438. The van der Waals surface area contributed by atoms with Gasteiger partial charge in [-0.3, -0.25) is 4.79 Å². The molecule has 1 amide bonds. The average molecular weight is 371 g/mol. The molecule has 0 saturated carbocycles. The van der Waals surface area contributed by atoms with Gasteiger partial charge in [0.2, 0.25) is 0 Å². The first-order chi connectivity index (χ1) is 11.5. The lowest BCUT2D eigenvalue weighted by molar-refractivity contribution is -0.132. The Labute approximate surface area is 151 Å². The van der Waals surface area contributed by atoms with Crippen LogP contribution in [0.15, 0.2) is 28.3 Å². The molecule has 1 atom stereocenters. The van der Waals surface area contributed by atoms with Gasteiger partial charge in [-0.25, -0.2) is 0 Å². The molecule has 130 valence electrons. The van der Waals surface area contributed by atoms with E-state index in [-0.39, 0.29) is 16.6 Å². The third kappa shape index (κ3) is 3.19. The Balaban J connectivity index is 1.79. The van der Waals surface area contributed by atoms with E-state index in [4.69, 9.17) is 23.2 Å². The molecule has 1 unspecified atom stereocenters. The third-order valence-corrected chi connectivity index (χ3v) is 5.17. The van der Waals surface area contributed by atoms with Gasteiger partial charge in [-0.1, -0.05) is 29.3 Å². The molecule has 8 heteroatoms. The SMILES string of the molecule is CNc1cc(CN2C(=O)C(Cl)=C(Cl)C2O)ccc1N1CCNCC1. The maximum atomic E-state index is 12.1. The standard InChI is InChI=1S/C16H20Cl2N4O2/c1-19-11-8-10(2-3-12(11)21-6-4-20-5-7-21)9-22-15(23)13(17)14(18)16(22)24/h2-3,8,15,19-20,23H,4-7,9H2,1H3. The minimum Gasteiger partial charge on any atom is -0.386 e. The molecule has 24 heavy (non-hydrogen) atoms. The molecule has 3 N–H and O–H groups in total. The molecule has 0 bridgehead atoms. The summed E-state index contributed by atoms with van der Waals surface area (Å²) in [6, 6.07) is 5.98. The predicted octanol–water partition coefficient (Wildman–Crippen LogP) is 1.49. The van der Waals surface area contributed by atoms with Crippen molar-refractivity contribution in [2.24, 2.45) is 0 Å². The summed E-state index contributed by atoms with van der Waals surface area (Å²) in [6.45, 7) is 4.06. The van der Waals surface area contributed by atoms with Gasteiger partial charge in [-0.05, 0) is 17.7 Å². The predicted molar refractivity (Wildman–Crippen MR) is 96.4 cm³/mol. The molecule has 1 fully saturated rings. The Morgan fingerprint density at radius 1 is 1.33 bits per heavy atom. The summed E-state index contributed by atoms with van der Waals surface area (Å²) < 4.78 is 0. The van der Waals surface area contributed by atoms with Gasteiger partial charge in [0, 0.05) is 39.8 Å². The Kier molecular flexibility index (Phi) is 5.20. The van der Waals surface area contributed by atoms with E-state index >= 15 is 0 Å². The fourth-order valence-electron chi connectivity index (χ4n) is 3.01. The van der Waals surface area contributed by atoms with E-state index in [1.54, 1.807) is 0 Å². The number of benzene rings is 1. The van der Waals surface area contributed by atoms with Crippen molar-refractivity contribution in [3.8, 4) is 0 Å². The minimum atomic E-state index is -1.18. The largest absolute Gasteiger partial charge is 0.386 e. The molecule has 6 nitrogen and oxygen atoms in total. The molecular weight excluding hydrogens is 351 g/mol. The lowest BCUT2D eigenvalue weighted by atomic mass is 10.1. The number of piperazine rings is 1. The number of halogens is 2. The number of hydrogen-bond donors (Lipinski definition) is 3. The van der Waals surface area contributed by atoms with Gasteiger partial charge in [0.25, 0.3) is 5.91 Å². The topological polar surface area (TPSA) is 67.8 Å². The van der Waals surface area contributed by atoms with Crippen molar-refractivity contribution in [2.45, 2.75) is 12.8 Å². The van der Waals surface area contributed by atoms with E-state index in [2.05, 4.69) is 15.5 Å². The van der Waals surface area contributed by atoms with Gasteiger partial charge >= 0.3 is 0 Å². The molecule has 1 aromatic carbocycles. The van der Waals surface area contributed by atoms with E-state index in [0.29, 0.717) is 0 Å². The highest BCUT2D eigenvalue weighted by Gasteiger charge is 2.36. The summed E-state index contributed by atoms with van der Waals surface area (Å²) in [5, 5.41) is 16.5. The summed E-state index contributed by atoms with van der Waals surface area (Å²) >= 11 is 11.7. The lowest BCUT2D eigenvalue weighted by Gasteiger charge is -2.31. The van der Waals surface area contributed by atoms with Crippen LogP contribution < -0.4 is 15.5 Å². The zero-order chi connectivity index (χ0) is 17.3. The van der Waals surface area contributed by atoms with Crippen LogP contribution in [0, 0.1) is 0 Å². The van der Waals surface area contributed by atoms with Crippen molar-refractivity contribution in [1.29, 1.82) is 0 Å². The monoisotopic (exact) mass is 370 g/mol. The van der Waals surface area contributed by atoms with Crippen molar-refractivity contribution in [3.05, 3.63) is 33.8 Å². The molecule has 0 radical (unpaired) electrons. The van der Waals surface area contributed by atoms with Crippen LogP contribution >= 0.6 is 23.2 Å². The number of amides is 1. The molecule has 1 saturated heterocycles. The zero-order valence-electron chi connectivity index (χ0n) is 13.4. The van der Waals surface area contributed by atoms with Crippen molar-refractivity contribution in [3.63, 3.8) is 0 Å². The second kappa shape index (κ2) is 7.19. The maximum absolute atomic E-state index is 12.1. The summed E-state index contributed by atoms with van der Waals surface area (Å²) in [5.74, 6) is -0.452. The van der Waals surface area contributed by atoms with Gasteiger partial charge in [0.05, 0.1) is 16.4 Å². The number of nitrogens with zero attached hydrogens (tertiary/aromatic N) is 2. The van der Waals surface area contributed by atoms with E-state index in [0.717, 1.165) is 43.1 Å². The van der Waals surface area contributed by atoms with E-state index < -0.39 is 12.1 Å². The molecule has 2 aliphatic rings. The van der Waals surface area contributed by atoms with Crippen LogP contribution in [0.25, 0.3) is 0 Å². The highest BCUT2D eigenvalue weighted by molar-refractivity contribution is 6.49. The molecule has 0 aliphatic carbocycles. The number of aliphatic hydroxyl groups excluding tert-OH is 1. The molecule has 0 aromatic heterocycles. The Morgan fingerprint density at radius 3 is 2.62 bits per heavy atom. The third-order valence-electron chi connectivity index (χ3n) is 4.32. The molecule has 2 aliphatic heterocycles. The van der Waals surface area contributed by atoms with Crippen LogP contribution in [-0.4, -0.2) is 55.4 Å². The van der Waals surface area contributed by atoms with Gasteiger partial charge in [-0.15, -0.1) is 0 Å². The first-order valence-electron chi connectivity index (χ1n) is 7.83. The number of aliphatic hydroxyl groups is 1. The van der Waals surface area contributed by atoms with Crippen molar-refractivity contribution < 1.29 is 9.90 Å². The molecule has 3 rings (SSSR count). The zero-order valence-corrected chi connectivity index (χ0v) is 14.9. The lowest BCUT2D eigenvalue weighted by Crippen LogP contribution is -2.43. The quantitative estimate of drug-likeness (QED) is 0.749. The van der Waals surface area contributed by atoms with Crippen molar-refractivity contribution in [2.75, 3.05) is 43.4 Å². The molecule has 1 aromatic rings. The number of nitrogens with one attached hydrogen (secondary N) is 2. The van der Waals surface area contributed by atoms with Gasteiger partial charge in [0.15, 0.2) is 6.23 Å². The van der Waals surface area contributed by atoms with E-state index in [1.807, 2.05) is 25.2 Å². The highest BCUT2D eigenvalue weighted by atomic mass is 35.5. The van der Waals surface area contributed by atoms with Gasteiger partial charge in [0.1, 0.15) is 5.03 Å². The number of hydrogen-bond acceptors (Lipinski definition) is 5. The van der Waals surface area contributed by atoms with Gasteiger partial charge in [-0.2, -0.15) is 0 Å². The fourth-order valence-corrected chi connectivity index (χ4v) is 3.41.